The molecule has 2 unspecified atom stereocenters. The first-order chi connectivity index (χ1) is 7.02. The summed E-state index contributed by atoms with van der Waals surface area (Å²) in [5.74, 6) is -1.02. The van der Waals surface area contributed by atoms with Gasteiger partial charge >= 0.3 is 0 Å². The molecule has 0 aliphatic carbocycles. The van der Waals surface area contributed by atoms with Crippen molar-refractivity contribution in [1.82, 2.24) is 4.98 Å². The number of anilines is 1. The first kappa shape index (κ1) is 8.11. The minimum Gasteiger partial charge on any atom is -0.274 e. The molecule has 1 fully saturated rings. The first-order valence-electron chi connectivity index (χ1n) is 4.82. The number of hydrogen-bond acceptors (Lipinski definition) is 4. The van der Waals surface area contributed by atoms with Crippen molar-refractivity contribution >= 4 is 29.0 Å². The lowest BCUT2D eigenvalue weighted by molar-refractivity contribution is -0.122. The minimum atomic E-state index is -0.987. The van der Waals surface area contributed by atoms with Crippen LogP contribution in [0.25, 0.3) is 0 Å². The zero-order chi connectivity index (χ0) is 11.2. The van der Waals surface area contributed by atoms with Gasteiger partial charge in [-0.25, -0.2) is 9.88 Å². The summed E-state index contributed by atoms with van der Waals surface area (Å²) in [7, 11) is 0. The number of carbonyl (C=O) groups is 2. The molecule has 2 amide bonds. The third kappa shape index (κ3) is 1.33. The SMILES string of the molecule is [2H]C1C(=O)N(c2csc(C)n2)C(=O)C1C. The molecule has 5 heteroatoms. The highest BCUT2D eigenvalue weighted by Gasteiger charge is 2.37. The lowest BCUT2D eigenvalue weighted by Gasteiger charge is -2.09. The molecule has 1 aromatic rings. The summed E-state index contributed by atoms with van der Waals surface area (Å²) >= 11 is 1.38. The molecule has 0 radical (unpaired) electrons. The molecule has 1 aromatic heterocycles. The maximum atomic E-state index is 11.7. The smallest absolute Gasteiger partial charge is 0.238 e. The van der Waals surface area contributed by atoms with Crippen LogP contribution in [0.1, 0.15) is 19.7 Å². The summed E-state index contributed by atoms with van der Waals surface area (Å²) in [6, 6.07) is 0. The standard InChI is InChI=1S/C9H10N2O2S/c1-5-3-8(12)11(9(5)13)7-4-14-6(2)10-7/h4-5H,3H2,1-2H3/i3D. The van der Waals surface area contributed by atoms with Crippen LogP contribution in [0, 0.1) is 12.8 Å². The number of aryl methyl sites for hydroxylation is 1. The number of rotatable bonds is 1. The van der Waals surface area contributed by atoms with Crippen LogP contribution in [0.2, 0.25) is 0 Å². The molecular weight excluding hydrogens is 200 g/mol. The maximum Gasteiger partial charge on any atom is 0.238 e. The van der Waals surface area contributed by atoms with Crippen molar-refractivity contribution in [2.24, 2.45) is 5.92 Å². The Balaban J connectivity index is 2.38. The van der Waals surface area contributed by atoms with E-state index in [0.29, 0.717) is 5.82 Å². The predicted octanol–water partition coefficient (Wildman–Crippen LogP) is 1.35. The van der Waals surface area contributed by atoms with Gasteiger partial charge in [0.05, 0.1) is 5.01 Å². The molecule has 0 aromatic carbocycles. The molecule has 1 aliphatic heterocycles. The average molecular weight is 211 g/mol. The van der Waals surface area contributed by atoms with Gasteiger partial charge in [-0.2, -0.15) is 0 Å². The topological polar surface area (TPSA) is 50.3 Å². The van der Waals surface area contributed by atoms with Crippen LogP contribution in [-0.4, -0.2) is 16.8 Å². The number of imide groups is 1. The Morgan fingerprint density at radius 2 is 2.43 bits per heavy atom. The van der Waals surface area contributed by atoms with Gasteiger partial charge in [-0.3, -0.25) is 9.59 Å². The monoisotopic (exact) mass is 211 g/mol. The van der Waals surface area contributed by atoms with Crippen LogP contribution in [0.5, 0.6) is 0 Å². The third-order valence-corrected chi connectivity index (χ3v) is 2.82. The Bertz CT molecular complexity index is 412. The van der Waals surface area contributed by atoms with Crippen molar-refractivity contribution < 1.29 is 11.0 Å². The number of thiazole rings is 1. The van der Waals surface area contributed by atoms with Gasteiger partial charge in [0.15, 0.2) is 5.82 Å². The number of amides is 2. The second-order valence-corrected chi connectivity index (χ2v) is 4.25. The Morgan fingerprint density at radius 3 is 2.86 bits per heavy atom. The molecule has 0 spiro atoms. The van der Waals surface area contributed by atoms with Crippen molar-refractivity contribution in [2.75, 3.05) is 4.90 Å². The van der Waals surface area contributed by atoms with Crippen LogP contribution in [0.3, 0.4) is 0 Å². The molecule has 4 nitrogen and oxygen atoms in total. The lowest BCUT2D eigenvalue weighted by atomic mass is 10.1. The van der Waals surface area contributed by atoms with Crippen molar-refractivity contribution in [2.45, 2.75) is 20.2 Å². The maximum absolute atomic E-state index is 11.7. The second-order valence-electron chi connectivity index (χ2n) is 3.19. The van der Waals surface area contributed by atoms with Crippen LogP contribution in [-0.2, 0) is 9.59 Å². The van der Waals surface area contributed by atoms with Gasteiger partial charge in [-0.05, 0) is 6.92 Å². The second kappa shape index (κ2) is 3.16. The quantitative estimate of drug-likeness (QED) is 0.659. The predicted molar refractivity (Wildman–Crippen MR) is 53.1 cm³/mol. The Labute approximate surface area is 87.0 Å². The normalized spacial score (nSPS) is 28.4. The zero-order valence-electron chi connectivity index (χ0n) is 8.85. The van der Waals surface area contributed by atoms with E-state index in [-0.39, 0.29) is 5.91 Å². The van der Waals surface area contributed by atoms with Crippen molar-refractivity contribution in [3.8, 4) is 0 Å². The fraction of sp³-hybridized carbons (Fsp3) is 0.444. The Hall–Kier alpha value is -1.23. The summed E-state index contributed by atoms with van der Waals surface area (Å²) in [6.45, 7) is 3.40. The van der Waals surface area contributed by atoms with Crippen LogP contribution in [0.4, 0.5) is 5.82 Å². The van der Waals surface area contributed by atoms with E-state index in [2.05, 4.69) is 4.98 Å². The third-order valence-electron chi connectivity index (χ3n) is 2.06. The van der Waals surface area contributed by atoms with Gasteiger partial charge < -0.3 is 0 Å². The zero-order valence-corrected chi connectivity index (χ0v) is 8.67. The summed E-state index contributed by atoms with van der Waals surface area (Å²) in [5, 5.41) is 2.46. The van der Waals surface area contributed by atoms with Gasteiger partial charge in [0.1, 0.15) is 0 Å². The largest absolute Gasteiger partial charge is 0.274 e. The molecule has 2 heterocycles. The number of nitrogens with zero attached hydrogens (tertiary/aromatic N) is 2. The van der Waals surface area contributed by atoms with E-state index >= 15 is 0 Å². The van der Waals surface area contributed by atoms with Gasteiger partial charge in [0.25, 0.3) is 0 Å². The summed E-state index contributed by atoms with van der Waals surface area (Å²) in [5.41, 5.74) is 0. The van der Waals surface area contributed by atoms with Crippen molar-refractivity contribution in [3.05, 3.63) is 10.4 Å². The van der Waals surface area contributed by atoms with E-state index in [4.69, 9.17) is 1.37 Å². The molecular formula is C9H10N2O2S. The number of hydrogen-bond donors (Lipinski definition) is 0. The average Bonchev–Trinajstić information content (AvgIpc) is 2.68. The first-order valence-corrected chi connectivity index (χ1v) is 5.12. The lowest BCUT2D eigenvalue weighted by Crippen LogP contribution is -2.30. The highest BCUT2D eigenvalue weighted by atomic mass is 32.1. The minimum absolute atomic E-state index is 0.328. The van der Waals surface area contributed by atoms with Gasteiger partial charge in [-0.15, -0.1) is 11.3 Å². The molecule has 0 saturated carbocycles. The molecule has 74 valence electrons. The summed E-state index contributed by atoms with van der Waals surface area (Å²) in [4.78, 5) is 28.4. The van der Waals surface area contributed by atoms with E-state index < -0.39 is 18.2 Å². The van der Waals surface area contributed by atoms with Crippen LogP contribution < -0.4 is 4.90 Å². The van der Waals surface area contributed by atoms with Crippen molar-refractivity contribution in [3.63, 3.8) is 0 Å². The molecule has 14 heavy (non-hydrogen) atoms. The Kier molecular flexibility index (Phi) is 1.83. The van der Waals surface area contributed by atoms with Gasteiger partial charge in [0.2, 0.25) is 11.8 Å². The molecule has 2 rings (SSSR count). The molecule has 1 saturated heterocycles. The fourth-order valence-electron chi connectivity index (χ4n) is 1.35. The fourth-order valence-corrected chi connectivity index (χ4v) is 1.93. The van der Waals surface area contributed by atoms with E-state index in [1.807, 2.05) is 0 Å². The molecule has 0 N–H and O–H groups in total. The van der Waals surface area contributed by atoms with Crippen molar-refractivity contribution in [1.29, 1.82) is 0 Å². The molecule has 2 atom stereocenters. The van der Waals surface area contributed by atoms with E-state index in [0.717, 1.165) is 9.91 Å². The molecule has 1 aliphatic rings. The van der Waals surface area contributed by atoms with E-state index in [9.17, 15) is 9.59 Å². The summed E-state index contributed by atoms with van der Waals surface area (Å²) in [6.07, 6.45) is -0.987. The molecule has 0 bridgehead atoms. The van der Waals surface area contributed by atoms with Crippen LogP contribution >= 0.6 is 11.3 Å². The van der Waals surface area contributed by atoms with E-state index in [1.165, 1.54) is 11.3 Å². The highest BCUT2D eigenvalue weighted by molar-refractivity contribution is 7.09. The van der Waals surface area contributed by atoms with Crippen LogP contribution in [0.15, 0.2) is 5.38 Å². The van der Waals surface area contributed by atoms with Gasteiger partial charge in [-0.1, -0.05) is 6.92 Å². The number of carbonyl (C=O) groups excluding carboxylic acids is 2. The van der Waals surface area contributed by atoms with E-state index in [1.54, 1.807) is 19.2 Å². The van der Waals surface area contributed by atoms with Gasteiger partial charge in [0, 0.05) is 19.1 Å². The summed E-state index contributed by atoms with van der Waals surface area (Å²) < 4.78 is 7.52. The highest BCUT2D eigenvalue weighted by Crippen LogP contribution is 2.26. The number of aromatic nitrogens is 1. The Morgan fingerprint density at radius 1 is 1.71 bits per heavy atom.